The van der Waals surface area contributed by atoms with E-state index in [-0.39, 0.29) is 24.9 Å². The highest BCUT2D eigenvalue weighted by Crippen LogP contribution is 2.23. The number of amides is 3. The zero-order valence-electron chi connectivity index (χ0n) is 11.9. The average Bonchev–Trinajstić information content (AvgIpc) is 2.37. The van der Waals surface area contributed by atoms with Crippen molar-refractivity contribution < 1.29 is 14.4 Å². The fourth-order valence-electron chi connectivity index (χ4n) is 2.54. The van der Waals surface area contributed by atoms with Crippen molar-refractivity contribution in [3.63, 3.8) is 0 Å². The SMILES string of the molecule is CC(CC(=O)N(CC(N)=O)CC(N)=O)C1CCCNC1. The fourth-order valence-corrected chi connectivity index (χ4v) is 2.54. The van der Waals surface area contributed by atoms with Crippen molar-refractivity contribution in [1.82, 2.24) is 10.2 Å². The van der Waals surface area contributed by atoms with Crippen LogP contribution < -0.4 is 16.8 Å². The first kappa shape index (κ1) is 16.4. The van der Waals surface area contributed by atoms with Crippen LogP contribution in [0.4, 0.5) is 0 Å². The minimum Gasteiger partial charge on any atom is -0.368 e. The Labute approximate surface area is 119 Å². The van der Waals surface area contributed by atoms with Crippen LogP contribution in [0.5, 0.6) is 0 Å². The lowest BCUT2D eigenvalue weighted by Crippen LogP contribution is -2.44. The van der Waals surface area contributed by atoms with E-state index in [0.717, 1.165) is 30.8 Å². The number of piperidine rings is 1. The zero-order valence-corrected chi connectivity index (χ0v) is 11.9. The van der Waals surface area contributed by atoms with Crippen LogP contribution in [0.25, 0.3) is 0 Å². The first-order valence-corrected chi connectivity index (χ1v) is 6.95. The van der Waals surface area contributed by atoms with E-state index >= 15 is 0 Å². The smallest absolute Gasteiger partial charge is 0.237 e. The number of primary amides is 2. The molecule has 1 rings (SSSR count). The first-order valence-electron chi connectivity index (χ1n) is 6.95. The summed E-state index contributed by atoms with van der Waals surface area (Å²) < 4.78 is 0. The molecule has 114 valence electrons. The highest BCUT2D eigenvalue weighted by molar-refractivity contribution is 5.88. The molecule has 7 heteroatoms. The van der Waals surface area contributed by atoms with Crippen LogP contribution in [0.2, 0.25) is 0 Å². The predicted octanol–water partition coefficient (Wildman–Crippen LogP) is -1.19. The number of hydrogen-bond donors (Lipinski definition) is 3. The molecule has 2 unspecified atom stereocenters. The Morgan fingerprint density at radius 3 is 2.30 bits per heavy atom. The number of rotatable bonds is 7. The maximum Gasteiger partial charge on any atom is 0.237 e. The van der Waals surface area contributed by atoms with Gasteiger partial charge < -0.3 is 21.7 Å². The van der Waals surface area contributed by atoms with Crippen molar-refractivity contribution in [3.05, 3.63) is 0 Å². The highest BCUT2D eigenvalue weighted by atomic mass is 16.2. The third kappa shape index (κ3) is 5.56. The molecule has 5 N–H and O–H groups in total. The van der Waals surface area contributed by atoms with Gasteiger partial charge in [0.05, 0.1) is 13.1 Å². The summed E-state index contributed by atoms with van der Waals surface area (Å²) in [5.41, 5.74) is 10.2. The number of nitrogens with two attached hydrogens (primary N) is 2. The average molecular weight is 284 g/mol. The minimum atomic E-state index is -0.647. The molecule has 7 nitrogen and oxygen atoms in total. The van der Waals surface area contributed by atoms with Crippen LogP contribution >= 0.6 is 0 Å². The fraction of sp³-hybridized carbons (Fsp3) is 0.769. The van der Waals surface area contributed by atoms with E-state index in [9.17, 15) is 14.4 Å². The van der Waals surface area contributed by atoms with Gasteiger partial charge in [-0.25, -0.2) is 0 Å². The van der Waals surface area contributed by atoms with Crippen LogP contribution in [0, 0.1) is 11.8 Å². The number of nitrogens with zero attached hydrogens (tertiary/aromatic N) is 1. The molecule has 1 aliphatic rings. The number of hydrogen-bond acceptors (Lipinski definition) is 4. The summed E-state index contributed by atoms with van der Waals surface area (Å²) in [5, 5.41) is 3.31. The molecule has 0 spiro atoms. The van der Waals surface area contributed by atoms with Crippen LogP contribution in [0.15, 0.2) is 0 Å². The first-order chi connectivity index (χ1) is 9.40. The van der Waals surface area contributed by atoms with Crippen molar-refractivity contribution in [3.8, 4) is 0 Å². The Bertz CT molecular complexity index is 351. The van der Waals surface area contributed by atoms with Crippen molar-refractivity contribution in [1.29, 1.82) is 0 Å². The molecule has 0 bridgehead atoms. The summed E-state index contributed by atoms with van der Waals surface area (Å²) in [6.07, 6.45) is 2.50. The quantitative estimate of drug-likeness (QED) is 0.544. The second kappa shape index (κ2) is 7.84. The Balaban J connectivity index is 2.54. The summed E-state index contributed by atoms with van der Waals surface area (Å²) in [6.45, 7) is 3.41. The Hall–Kier alpha value is -1.63. The van der Waals surface area contributed by atoms with Gasteiger partial charge in [-0.1, -0.05) is 6.92 Å². The molecular formula is C13H24N4O3. The van der Waals surface area contributed by atoms with E-state index < -0.39 is 11.8 Å². The van der Waals surface area contributed by atoms with Crippen molar-refractivity contribution in [2.75, 3.05) is 26.2 Å². The minimum absolute atomic E-state index is 0.193. The van der Waals surface area contributed by atoms with E-state index in [4.69, 9.17) is 11.5 Å². The molecule has 3 amide bonds. The van der Waals surface area contributed by atoms with Gasteiger partial charge in [-0.15, -0.1) is 0 Å². The van der Waals surface area contributed by atoms with E-state index in [0.29, 0.717) is 12.3 Å². The summed E-state index contributed by atoms with van der Waals surface area (Å²) in [5.74, 6) is -0.908. The molecule has 20 heavy (non-hydrogen) atoms. The lowest BCUT2D eigenvalue weighted by atomic mass is 9.85. The van der Waals surface area contributed by atoms with Crippen LogP contribution in [-0.4, -0.2) is 48.8 Å². The Morgan fingerprint density at radius 2 is 1.85 bits per heavy atom. The van der Waals surface area contributed by atoms with E-state index in [1.54, 1.807) is 0 Å². The lowest BCUT2D eigenvalue weighted by molar-refractivity contribution is -0.139. The molecule has 1 saturated heterocycles. The van der Waals surface area contributed by atoms with Gasteiger partial charge >= 0.3 is 0 Å². The van der Waals surface area contributed by atoms with Gasteiger partial charge in [0.15, 0.2) is 0 Å². The molecule has 0 aliphatic carbocycles. The lowest BCUT2D eigenvalue weighted by Gasteiger charge is -2.29. The van der Waals surface area contributed by atoms with Crippen LogP contribution in [0.3, 0.4) is 0 Å². The van der Waals surface area contributed by atoms with Gasteiger partial charge in [-0.3, -0.25) is 14.4 Å². The summed E-state index contributed by atoms with van der Waals surface area (Å²) >= 11 is 0. The van der Waals surface area contributed by atoms with Crippen molar-refractivity contribution in [2.45, 2.75) is 26.2 Å². The standard InChI is InChI=1S/C13H24N4O3/c1-9(10-3-2-4-16-6-10)5-13(20)17(7-11(14)18)8-12(15)19/h9-10,16H,2-8H2,1H3,(H2,14,18)(H2,15,19). The van der Waals surface area contributed by atoms with Gasteiger partial charge in [0.1, 0.15) is 0 Å². The van der Waals surface area contributed by atoms with Crippen LogP contribution in [-0.2, 0) is 14.4 Å². The largest absolute Gasteiger partial charge is 0.368 e. The molecule has 1 fully saturated rings. The topological polar surface area (TPSA) is 119 Å². The van der Waals surface area contributed by atoms with Crippen molar-refractivity contribution >= 4 is 17.7 Å². The second-order valence-electron chi connectivity index (χ2n) is 5.47. The van der Waals surface area contributed by atoms with E-state index in [1.807, 2.05) is 6.92 Å². The van der Waals surface area contributed by atoms with Gasteiger partial charge in [0.25, 0.3) is 0 Å². The highest BCUT2D eigenvalue weighted by Gasteiger charge is 2.25. The third-order valence-electron chi connectivity index (χ3n) is 3.68. The maximum atomic E-state index is 12.2. The molecule has 1 heterocycles. The molecule has 0 aromatic carbocycles. The van der Waals surface area contributed by atoms with Crippen molar-refractivity contribution in [2.24, 2.45) is 23.3 Å². The number of nitrogens with one attached hydrogen (secondary N) is 1. The normalized spacial score (nSPS) is 20.1. The monoisotopic (exact) mass is 284 g/mol. The second-order valence-corrected chi connectivity index (χ2v) is 5.47. The Kier molecular flexibility index (Phi) is 6.44. The summed E-state index contributed by atoms with van der Waals surface area (Å²) in [6, 6.07) is 0. The molecule has 0 saturated carbocycles. The van der Waals surface area contributed by atoms with Gasteiger partial charge in [0, 0.05) is 6.42 Å². The molecule has 0 aromatic rings. The molecule has 1 aliphatic heterocycles. The van der Waals surface area contributed by atoms with Gasteiger partial charge in [-0.05, 0) is 37.8 Å². The van der Waals surface area contributed by atoms with E-state index in [1.165, 1.54) is 0 Å². The zero-order chi connectivity index (χ0) is 15.1. The number of carbonyl (C=O) groups is 3. The van der Waals surface area contributed by atoms with Gasteiger partial charge in [-0.2, -0.15) is 0 Å². The van der Waals surface area contributed by atoms with Crippen LogP contribution in [0.1, 0.15) is 26.2 Å². The molecule has 0 radical (unpaired) electrons. The predicted molar refractivity (Wildman–Crippen MR) is 74.3 cm³/mol. The Morgan fingerprint density at radius 1 is 1.25 bits per heavy atom. The van der Waals surface area contributed by atoms with Gasteiger partial charge in [0.2, 0.25) is 17.7 Å². The summed E-state index contributed by atoms with van der Waals surface area (Å²) in [7, 11) is 0. The molecule has 2 atom stereocenters. The molecule has 0 aromatic heterocycles. The number of carbonyl (C=O) groups excluding carboxylic acids is 3. The molecular weight excluding hydrogens is 260 g/mol. The maximum absolute atomic E-state index is 12.2. The van der Waals surface area contributed by atoms with E-state index in [2.05, 4.69) is 5.32 Å². The summed E-state index contributed by atoms with van der Waals surface area (Å²) in [4.78, 5) is 35.2. The third-order valence-corrected chi connectivity index (χ3v) is 3.68.